The maximum Gasteiger partial charge on any atom is 0.253 e. The number of amides is 1. The molecule has 2 heterocycles. The third-order valence-corrected chi connectivity index (χ3v) is 6.24. The van der Waals surface area contributed by atoms with Crippen LogP contribution in [0.3, 0.4) is 0 Å². The van der Waals surface area contributed by atoms with Crippen molar-refractivity contribution < 1.29 is 9.53 Å². The Morgan fingerprint density at radius 1 is 1.07 bits per heavy atom. The molecule has 2 aliphatic rings. The largest absolute Gasteiger partial charge is 0.494 e. The normalized spacial score (nSPS) is 22.4. The molecule has 4 rings (SSSR count). The van der Waals surface area contributed by atoms with E-state index in [2.05, 4.69) is 47.0 Å². The number of hydrogen-bond donors (Lipinski definition) is 2. The molecule has 154 valence electrons. The molecule has 5 heteroatoms. The van der Waals surface area contributed by atoms with Crippen molar-refractivity contribution in [2.75, 3.05) is 31.6 Å². The van der Waals surface area contributed by atoms with Crippen LogP contribution >= 0.6 is 0 Å². The van der Waals surface area contributed by atoms with Gasteiger partial charge in [-0.1, -0.05) is 12.1 Å². The van der Waals surface area contributed by atoms with E-state index >= 15 is 0 Å². The van der Waals surface area contributed by atoms with Crippen molar-refractivity contribution in [2.45, 2.75) is 39.3 Å². The van der Waals surface area contributed by atoms with Gasteiger partial charge in [0.2, 0.25) is 0 Å². The summed E-state index contributed by atoms with van der Waals surface area (Å²) >= 11 is 0. The second-order valence-corrected chi connectivity index (χ2v) is 7.79. The van der Waals surface area contributed by atoms with Crippen LogP contribution in [0.4, 0.5) is 5.69 Å². The zero-order chi connectivity index (χ0) is 20.4. The van der Waals surface area contributed by atoms with Crippen LogP contribution in [0.1, 0.15) is 60.8 Å². The molecule has 0 radical (unpaired) electrons. The van der Waals surface area contributed by atoms with Gasteiger partial charge >= 0.3 is 0 Å². The molecule has 2 aliphatic heterocycles. The number of nitrogens with zero attached hydrogens (tertiary/aromatic N) is 1. The minimum atomic E-state index is 0.112. The standard InChI is InChI=1S/C24H31N3O2/c1-4-27(5-2)24(28)17-9-12-21-20(15-17)23-19(13-14-25-23)22(26-21)16-7-10-18(11-8-16)29-6-3/h7-12,15,19,22-23,25-26H,4-6,13-14H2,1-3H3/t19-,22?,23-/m0/s1. The van der Waals surface area contributed by atoms with Gasteiger partial charge in [-0.05, 0) is 75.2 Å². The number of rotatable bonds is 6. The fourth-order valence-corrected chi connectivity index (χ4v) is 4.74. The van der Waals surface area contributed by atoms with Gasteiger partial charge in [-0.25, -0.2) is 0 Å². The second kappa shape index (κ2) is 8.46. The summed E-state index contributed by atoms with van der Waals surface area (Å²) in [6.07, 6.45) is 1.11. The lowest BCUT2D eigenvalue weighted by molar-refractivity contribution is 0.0773. The Balaban J connectivity index is 1.64. The van der Waals surface area contributed by atoms with Gasteiger partial charge in [0.05, 0.1) is 12.6 Å². The van der Waals surface area contributed by atoms with Crippen LogP contribution in [-0.2, 0) is 0 Å². The Morgan fingerprint density at radius 2 is 1.83 bits per heavy atom. The number of carbonyl (C=O) groups excluding carboxylic acids is 1. The van der Waals surface area contributed by atoms with Crippen molar-refractivity contribution in [3.8, 4) is 5.75 Å². The molecule has 0 spiro atoms. The van der Waals surface area contributed by atoms with Crippen molar-refractivity contribution in [3.63, 3.8) is 0 Å². The molecular formula is C24H31N3O2. The van der Waals surface area contributed by atoms with Gasteiger partial charge in [0.15, 0.2) is 0 Å². The molecule has 0 aliphatic carbocycles. The first kappa shape index (κ1) is 19.8. The Labute approximate surface area is 173 Å². The Kier molecular flexibility index (Phi) is 5.76. The smallest absolute Gasteiger partial charge is 0.253 e. The van der Waals surface area contributed by atoms with Crippen LogP contribution < -0.4 is 15.4 Å². The number of hydrogen-bond acceptors (Lipinski definition) is 4. The van der Waals surface area contributed by atoms with E-state index in [9.17, 15) is 4.79 Å². The minimum absolute atomic E-state index is 0.112. The van der Waals surface area contributed by atoms with Gasteiger partial charge in [0.25, 0.3) is 5.91 Å². The Morgan fingerprint density at radius 3 is 2.52 bits per heavy atom. The quantitative estimate of drug-likeness (QED) is 0.765. The lowest BCUT2D eigenvalue weighted by Gasteiger charge is -2.37. The first-order chi connectivity index (χ1) is 14.2. The molecule has 3 atom stereocenters. The van der Waals surface area contributed by atoms with E-state index in [1.54, 1.807) is 0 Å². The monoisotopic (exact) mass is 393 g/mol. The van der Waals surface area contributed by atoms with Crippen molar-refractivity contribution in [2.24, 2.45) is 5.92 Å². The van der Waals surface area contributed by atoms with E-state index in [1.807, 2.05) is 31.7 Å². The molecule has 1 saturated heterocycles. The molecule has 0 bridgehead atoms. The first-order valence-corrected chi connectivity index (χ1v) is 10.8. The minimum Gasteiger partial charge on any atom is -0.494 e. The van der Waals surface area contributed by atoms with Crippen molar-refractivity contribution in [1.82, 2.24) is 10.2 Å². The third-order valence-electron chi connectivity index (χ3n) is 6.24. The highest BCUT2D eigenvalue weighted by atomic mass is 16.5. The first-order valence-electron chi connectivity index (χ1n) is 10.8. The summed E-state index contributed by atoms with van der Waals surface area (Å²) in [5.74, 6) is 1.48. The molecule has 1 amide bonds. The lowest BCUT2D eigenvalue weighted by Crippen LogP contribution is -2.34. The molecule has 1 unspecified atom stereocenters. The number of ether oxygens (including phenoxy) is 1. The van der Waals surface area contributed by atoms with Gasteiger partial charge < -0.3 is 20.3 Å². The number of anilines is 1. The fraction of sp³-hybridized carbons (Fsp3) is 0.458. The van der Waals surface area contributed by atoms with Crippen molar-refractivity contribution in [1.29, 1.82) is 0 Å². The summed E-state index contributed by atoms with van der Waals surface area (Å²) < 4.78 is 5.60. The highest BCUT2D eigenvalue weighted by Gasteiger charge is 2.40. The molecule has 1 fully saturated rings. The molecule has 29 heavy (non-hydrogen) atoms. The van der Waals surface area contributed by atoms with E-state index < -0.39 is 0 Å². The van der Waals surface area contributed by atoms with Gasteiger partial charge in [-0.2, -0.15) is 0 Å². The van der Waals surface area contributed by atoms with Crippen LogP contribution in [0.25, 0.3) is 0 Å². The molecule has 0 aromatic heterocycles. The fourth-order valence-electron chi connectivity index (χ4n) is 4.74. The topological polar surface area (TPSA) is 53.6 Å². The summed E-state index contributed by atoms with van der Waals surface area (Å²) in [5, 5.41) is 7.43. The number of fused-ring (bicyclic) bond motifs is 3. The van der Waals surface area contributed by atoms with Gasteiger partial charge in [-0.3, -0.25) is 4.79 Å². The van der Waals surface area contributed by atoms with E-state index in [0.29, 0.717) is 12.5 Å². The van der Waals surface area contributed by atoms with Crippen LogP contribution in [-0.4, -0.2) is 37.0 Å². The highest BCUT2D eigenvalue weighted by Crippen LogP contribution is 2.47. The maximum absolute atomic E-state index is 12.8. The highest BCUT2D eigenvalue weighted by molar-refractivity contribution is 5.95. The predicted molar refractivity (Wildman–Crippen MR) is 117 cm³/mol. The van der Waals surface area contributed by atoms with Crippen molar-refractivity contribution in [3.05, 3.63) is 59.2 Å². The number of benzene rings is 2. The zero-order valence-electron chi connectivity index (χ0n) is 17.6. The van der Waals surface area contributed by atoms with Crippen LogP contribution in [0.2, 0.25) is 0 Å². The third kappa shape index (κ3) is 3.71. The van der Waals surface area contributed by atoms with E-state index in [1.165, 1.54) is 11.1 Å². The van der Waals surface area contributed by atoms with Gasteiger partial charge in [-0.15, -0.1) is 0 Å². The number of carbonyl (C=O) groups is 1. The van der Waals surface area contributed by atoms with E-state index in [4.69, 9.17) is 4.74 Å². The Hall–Kier alpha value is -2.53. The van der Waals surface area contributed by atoms with Crippen LogP contribution in [0.5, 0.6) is 5.75 Å². The SMILES string of the molecule is CCOc1ccc(C2Nc3ccc(C(=O)N(CC)CC)cc3[C@H]3NCC[C@@H]23)cc1. The Bertz CT molecular complexity index is 861. The molecule has 2 aromatic rings. The average molecular weight is 394 g/mol. The molecular weight excluding hydrogens is 362 g/mol. The van der Waals surface area contributed by atoms with Crippen molar-refractivity contribution >= 4 is 11.6 Å². The summed E-state index contributed by atoms with van der Waals surface area (Å²) in [6, 6.07) is 15.1. The summed E-state index contributed by atoms with van der Waals surface area (Å²) in [5.41, 5.74) is 4.39. The summed E-state index contributed by atoms with van der Waals surface area (Å²) in [4.78, 5) is 14.7. The molecule has 2 aromatic carbocycles. The van der Waals surface area contributed by atoms with Crippen LogP contribution in [0.15, 0.2) is 42.5 Å². The second-order valence-electron chi connectivity index (χ2n) is 7.79. The number of nitrogens with one attached hydrogen (secondary N) is 2. The van der Waals surface area contributed by atoms with Crippen LogP contribution in [0, 0.1) is 5.92 Å². The average Bonchev–Trinajstić information content (AvgIpc) is 3.25. The molecule has 2 N–H and O–H groups in total. The van der Waals surface area contributed by atoms with Gasteiger partial charge in [0, 0.05) is 36.3 Å². The maximum atomic E-state index is 12.8. The van der Waals surface area contributed by atoms with E-state index in [-0.39, 0.29) is 18.0 Å². The lowest BCUT2D eigenvalue weighted by atomic mass is 9.80. The predicted octanol–water partition coefficient (Wildman–Crippen LogP) is 4.38. The zero-order valence-corrected chi connectivity index (χ0v) is 17.6. The summed E-state index contributed by atoms with van der Waals surface area (Å²) in [7, 11) is 0. The molecule has 0 saturated carbocycles. The molecule has 5 nitrogen and oxygen atoms in total. The summed E-state index contributed by atoms with van der Waals surface area (Å²) in [6.45, 7) is 9.19. The van der Waals surface area contributed by atoms with Gasteiger partial charge in [0.1, 0.15) is 5.75 Å². The van der Waals surface area contributed by atoms with E-state index in [0.717, 1.165) is 43.1 Å².